The van der Waals surface area contributed by atoms with Crippen molar-refractivity contribution in [2.45, 2.75) is 10.5 Å². The minimum atomic E-state index is -0.132. The van der Waals surface area contributed by atoms with Gasteiger partial charge >= 0.3 is 0 Å². The third-order valence-electron chi connectivity index (χ3n) is 1.52. The van der Waals surface area contributed by atoms with E-state index in [-0.39, 0.29) is 11.1 Å². The van der Waals surface area contributed by atoms with Crippen LogP contribution in [0.5, 0.6) is 0 Å². The van der Waals surface area contributed by atoms with Gasteiger partial charge in [-0.3, -0.25) is 0 Å². The van der Waals surface area contributed by atoms with Crippen LogP contribution in [0.4, 0.5) is 4.39 Å². The number of rotatable bonds is 0. The lowest BCUT2D eigenvalue weighted by atomic mass is 10.1. The molecular formula is C6H6FNS. The predicted molar refractivity (Wildman–Crippen MR) is 36.6 cm³/mol. The lowest BCUT2D eigenvalue weighted by Gasteiger charge is -1.99. The third kappa shape index (κ3) is 0.678. The van der Waals surface area contributed by atoms with Crippen LogP contribution in [0.25, 0.3) is 0 Å². The van der Waals surface area contributed by atoms with Crippen molar-refractivity contribution in [3.8, 4) is 0 Å². The number of fused-ring (bicyclic) bond motifs is 1. The van der Waals surface area contributed by atoms with Gasteiger partial charge < -0.3 is 5.73 Å². The summed E-state index contributed by atoms with van der Waals surface area (Å²) in [6.45, 7) is 0. The van der Waals surface area contributed by atoms with Crippen LogP contribution in [0.2, 0.25) is 0 Å². The fraction of sp³-hybridized carbons (Fsp3) is 0.333. The number of hydrogen-bond donors (Lipinski definition) is 1. The van der Waals surface area contributed by atoms with E-state index >= 15 is 0 Å². The first-order valence-electron chi connectivity index (χ1n) is 2.78. The second kappa shape index (κ2) is 1.53. The SMILES string of the molecule is NC1=C(F)C2SC2C=C1. The summed E-state index contributed by atoms with van der Waals surface area (Å²) >= 11 is 1.61. The van der Waals surface area contributed by atoms with Crippen LogP contribution in [0.15, 0.2) is 23.7 Å². The molecule has 0 aromatic rings. The first-order valence-corrected chi connectivity index (χ1v) is 3.72. The van der Waals surface area contributed by atoms with Gasteiger partial charge in [-0.15, -0.1) is 11.8 Å². The van der Waals surface area contributed by atoms with Gasteiger partial charge in [-0.05, 0) is 6.08 Å². The van der Waals surface area contributed by atoms with Crippen molar-refractivity contribution in [1.29, 1.82) is 0 Å². The quantitative estimate of drug-likeness (QED) is 0.515. The van der Waals surface area contributed by atoms with Gasteiger partial charge in [0.15, 0.2) is 0 Å². The van der Waals surface area contributed by atoms with Crippen LogP contribution in [0, 0.1) is 0 Å². The maximum absolute atomic E-state index is 12.7. The van der Waals surface area contributed by atoms with Crippen LogP contribution >= 0.6 is 11.8 Å². The van der Waals surface area contributed by atoms with Crippen LogP contribution in [0.1, 0.15) is 0 Å². The van der Waals surface area contributed by atoms with E-state index in [4.69, 9.17) is 5.73 Å². The Bertz CT molecular complexity index is 209. The van der Waals surface area contributed by atoms with Crippen molar-refractivity contribution in [2.75, 3.05) is 0 Å². The van der Waals surface area contributed by atoms with Crippen LogP contribution in [-0.2, 0) is 0 Å². The summed E-state index contributed by atoms with van der Waals surface area (Å²) in [6, 6.07) is 0. The van der Waals surface area contributed by atoms with Gasteiger partial charge in [-0.2, -0.15) is 0 Å². The van der Waals surface area contributed by atoms with E-state index in [2.05, 4.69) is 0 Å². The molecule has 48 valence electrons. The Balaban J connectivity index is 2.36. The summed E-state index contributed by atoms with van der Waals surface area (Å²) in [6.07, 6.45) is 3.60. The molecule has 2 atom stereocenters. The molecule has 0 radical (unpaired) electrons. The van der Waals surface area contributed by atoms with E-state index in [0.717, 1.165) is 0 Å². The topological polar surface area (TPSA) is 26.0 Å². The van der Waals surface area contributed by atoms with Crippen molar-refractivity contribution < 1.29 is 4.39 Å². The molecule has 2 unspecified atom stereocenters. The van der Waals surface area contributed by atoms with Crippen molar-refractivity contribution >= 4 is 11.8 Å². The summed E-state index contributed by atoms with van der Waals surface area (Å²) < 4.78 is 12.7. The second-order valence-corrected chi connectivity index (χ2v) is 3.51. The first-order chi connectivity index (χ1) is 4.29. The summed E-state index contributed by atoms with van der Waals surface area (Å²) in [5.74, 6) is -0.132. The lowest BCUT2D eigenvalue weighted by Crippen LogP contribution is -2.06. The van der Waals surface area contributed by atoms with Gasteiger partial charge in [-0.1, -0.05) is 6.08 Å². The van der Waals surface area contributed by atoms with E-state index in [9.17, 15) is 4.39 Å². The predicted octanol–water partition coefficient (Wildman–Crippen LogP) is 1.18. The highest BCUT2D eigenvalue weighted by molar-refractivity contribution is 8.08. The van der Waals surface area contributed by atoms with E-state index < -0.39 is 0 Å². The van der Waals surface area contributed by atoms with E-state index in [1.54, 1.807) is 17.8 Å². The largest absolute Gasteiger partial charge is 0.397 e. The Morgan fingerprint density at radius 1 is 1.67 bits per heavy atom. The maximum Gasteiger partial charge on any atom is 0.137 e. The number of halogens is 1. The number of allylic oxidation sites excluding steroid dienone is 1. The van der Waals surface area contributed by atoms with E-state index in [1.165, 1.54) is 0 Å². The number of thioether (sulfide) groups is 1. The third-order valence-corrected chi connectivity index (χ3v) is 2.74. The summed E-state index contributed by atoms with van der Waals surface area (Å²) in [7, 11) is 0. The van der Waals surface area contributed by atoms with Gasteiger partial charge in [0.1, 0.15) is 5.83 Å². The molecule has 0 amide bonds. The van der Waals surface area contributed by atoms with E-state index in [1.807, 2.05) is 6.08 Å². The monoisotopic (exact) mass is 143 g/mol. The van der Waals surface area contributed by atoms with Crippen LogP contribution in [0.3, 0.4) is 0 Å². The molecule has 1 saturated heterocycles. The molecule has 0 spiro atoms. The minimum absolute atomic E-state index is 0.0648. The maximum atomic E-state index is 12.7. The second-order valence-electron chi connectivity index (χ2n) is 2.18. The Labute approximate surface area is 56.8 Å². The van der Waals surface area contributed by atoms with Gasteiger partial charge in [-0.25, -0.2) is 4.39 Å². The van der Waals surface area contributed by atoms with Crippen LogP contribution < -0.4 is 5.73 Å². The lowest BCUT2D eigenvalue weighted by molar-refractivity contribution is 0.603. The molecule has 9 heavy (non-hydrogen) atoms. The molecule has 0 bridgehead atoms. The van der Waals surface area contributed by atoms with Gasteiger partial charge in [0, 0.05) is 5.25 Å². The summed E-state index contributed by atoms with van der Waals surface area (Å²) in [4.78, 5) is 0. The number of nitrogens with two attached hydrogens (primary N) is 1. The standard InChI is InChI=1S/C6H6FNS/c7-5-3(8)1-2-4-6(5)9-4/h1-2,4,6H,8H2. The fourth-order valence-corrected chi connectivity index (χ4v) is 1.80. The average Bonchev–Trinajstić information content (AvgIpc) is 2.58. The van der Waals surface area contributed by atoms with Gasteiger partial charge in [0.25, 0.3) is 0 Å². The normalized spacial score (nSPS) is 38.8. The minimum Gasteiger partial charge on any atom is -0.397 e. The highest BCUT2D eigenvalue weighted by Gasteiger charge is 2.42. The smallest absolute Gasteiger partial charge is 0.137 e. The average molecular weight is 143 g/mol. The van der Waals surface area contributed by atoms with Gasteiger partial charge in [0.05, 0.1) is 10.9 Å². The molecule has 1 heterocycles. The Morgan fingerprint density at radius 2 is 2.44 bits per heavy atom. The zero-order valence-electron chi connectivity index (χ0n) is 4.67. The molecule has 0 aromatic heterocycles. The van der Waals surface area contributed by atoms with E-state index in [0.29, 0.717) is 10.9 Å². The van der Waals surface area contributed by atoms with Crippen LogP contribution in [-0.4, -0.2) is 10.5 Å². The number of hydrogen-bond acceptors (Lipinski definition) is 2. The molecular weight excluding hydrogens is 137 g/mol. The zero-order chi connectivity index (χ0) is 6.43. The molecule has 1 aliphatic carbocycles. The molecule has 0 aromatic carbocycles. The molecule has 3 heteroatoms. The first kappa shape index (κ1) is 5.35. The molecule has 1 fully saturated rings. The summed E-state index contributed by atoms with van der Waals surface area (Å²) in [5.41, 5.74) is 5.61. The molecule has 1 nitrogen and oxygen atoms in total. The van der Waals surface area contributed by atoms with Crippen molar-refractivity contribution in [3.05, 3.63) is 23.7 Å². The van der Waals surface area contributed by atoms with Gasteiger partial charge in [0.2, 0.25) is 0 Å². The molecule has 2 aliphatic rings. The molecule has 0 saturated carbocycles. The molecule has 2 rings (SSSR count). The Kier molecular flexibility index (Phi) is 0.913. The Morgan fingerprint density at radius 3 is 3.11 bits per heavy atom. The fourth-order valence-electron chi connectivity index (χ4n) is 0.917. The van der Waals surface area contributed by atoms with Crippen molar-refractivity contribution in [3.63, 3.8) is 0 Å². The highest BCUT2D eigenvalue weighted by atomic mass is 32.2. The molecule has 2 N–H and O–H groups in total. The zero-order valence-corrected chi connectivity index (χ0v) is 5.49. The Hall–Kier alpha value is -0.440. The van der Waals surface area contributed by atoms with Crippen molar-refractivity contribution in [2.24, 2.45) is 5.73 Å². The van der Waals surface area contributed by atoms with Crippen molar-refractivity contribution in [1.82, 2.24) is 0 Å². The highest BCUT2D eigenvalue weighted by Crippen LogP contribution is 2.50. The summed E-state index contributed by atoms with van der Waals surface area (Å²) in [5, 5.41) is 0.451. The molecule has 1 aliphatic heterocycles.